The van der Waals surface area contributed by atoms with Crippen molar-refractivity contribution in [2.45, 2.75) is 32.7 Å². The summed E-state index contributed by atoms with van der Waals surface area (Å²) in [7, 11) is 0. The van der Waals surface area contributed by atoms with Crippen LogP contribution < -0.4 is 0 Å². The van der Waals surface area contributed by atoms with Crippen molar-refractivity contribution in [1.82, 2.24) is 0 Å². The van der Waals surface area contributed by atoms with Crippen molar-refractivity contribution in [3.63, 3.8) is 0 Å². The van der Waals surface area contributed by atoms with Gasteiger partial charge in [-0.2, -0.15) is 63.1 Å². The first-order chi connectivity index (χ1) is 12.6. The molecular formula is C12H22S14. The zero-order valence-corrected chi connectivity index (χ0v) is 25.3. The fraction of sp³-hybridized carbons (Fsp3) is 1.00. The minimum atomic E-state index is 0.326. The summed E-state index contributed by atoms with van der Waals surface area (Å²) in [5.74, 6) is 0. The van der Waals surface area contributed by atoms with E-state index in [1.165, 1.54) is 5.08 Å². The molecule has 0 spiro atoms. The summed E-state index contributed by atoms with van der Waals surface area (Å²) < 4.78 is 2.87. The van der Waals surface area contributed by atoms with Crippen molar-refractivity contribution in [3.8, 4) is 0 Å². The van der Waals surface area contributed by atoms with Crippen molar-refractivity contribution in [2.24, 2.45) is 0 Å². The number of hydrogen-bond donors (Lipinski definition) is 5. The molecule has 5 atom stereocenters. The van der Waals surface area contributed by atoms with Crippen LogP contribution in [0.3, 0.4) is 0 Å². The second-order valence-electron chi connectivity index (χ2n) is 4.78. The quantitative estimate of drug-likeness (QED) is 0.106. The standard InChI is InChI=1S/C12H22S14/c13-1-18-11(19-2-14)12(20-3-15)26-9-6(21-4-22-9)7(16)25-8(17)10-23-5-24-10/h6-17H,1-5H2. The molecule has 2 heterocycles. The van der Waals surface area contributed by atoms with E-state index >= 15 is 0 Å². The summed E-state index contributed by atoms with van der Waals surface area (Å²) in [6.45, 7) is 0. The summed E-state index contributed by atoms with van der Waals surface area (Å²) in [5.41, 5.74) is 0. The molecule has 0 amide bonds. The highest BCUT2D eigenvalue weighted by molar-refractivity contribution is 8.35. The first kappa shape index (κ1) is 27.1. The van der Waals surface area contributed by atoms with Crippen molar-refractivity contribution in [1.29, 1.82) is 0 Å². The van der Waals surface area contributed by atoms with Gasteiger partial charge in [0, 0.05) is 30.7 Å². The van der Waals surface area contributed by atoms with Gasteiger partial charge in [0.25, 0.3) is 0 Å². The van der Waals surface area contributed by atoms with Crippen LogP contribution in [0.5, 0.6) is 0 Å². The van der Waals surface area contributed by atoms with Crippen LogP contribution >= 0.6 is 169 Å². The highest BCUT2D eigenvalue weighted by Gasteiger charge is 2.39. The summed E-state index contributed by atoms with van der Waals surface area (Å²) in [6.07, 6.45) is 0. The lowest BCUT2D eigenvalue weighted by Crippen LogP contribution is -2.28. The Balaban J connectivity index is 1.92. The van der Waals surface area contributed by atoms with Gasteiger partial charge < -0.3 is 0 Å². The predicted octanol–water partition coefficient (Wildman–Crippen LogP) is 7.37. The van der Waals surface area contributed by atoms with E-state index in [-0.39, 0.29) is 0 Å². The molecule has 0 radical (unpaired) electrons. The van der Waals surface area contributed by atoms with Gasteiger partial charge in [0.05, 0.1) is 27.5 Å². The lowest BCUT2D eigenvalue weighted by atomic mass is 10.5. The summed E-state index contributed by atoms with van der Waals surface area (Å²) in [5, 5.41) is 5.45. The van der Waals surface area contributed by atoms with E-state index in [0.717, 1.165) is 20.3 Å². The molecule has 0 aromatic carbocycles. The molecule has 0 aromatic rings. The molecule has 0 saturated carbocycles. The summed E-state index contributed by atoms with van der Waals surface area (Å²) in [4.78, 5) is 0. The molecule has 154 valence electrons. The van der Waals surface area contributed by atoms with Crippen LogP contribution in [0, 0.1) is 0 Å². The molecule has 26 heavy (non-hydrogen) atoms. The van der Waals surface area contributed by atoms with E-state index in [1.54, 1.807) is 0 Å². The van der Waals surface area contributed by atoms with Crippen molar-refractivity contribution >= 4 is 169 Å². The van der Waals surface area contributed by atoms with Crippen LogP contribution in [0.1, 0.15) is 0 Å². The van der Waals surface area contributed by atoms with E-state index < -0.39 is 0 Å². The zero-order chi connectivity index (χ0) is 18.9. The maximum Gasteiger partial charge on any atom is 0.0732 e. The Bertz CT molecular complexity index is 375. The van der Waals surface area contributed by atoms with Gasteiger partial charge in [0.15, 0.2) is 0 Å². The topological polar surface area (TPSA) is 0 Å². The van der Waals surface area contributed by atoms with Gasteiger partial charge in [0.1, 0.15) is 0 Å². The first-order valence-electron chi connectivity index (χ1n) is 7.41. The molecule has 0 bridgehead atoms. The second-order valence-corrected chi connectivity index (χ2v) is 21.3. The second kappa shape index (κ2) is 15.7. The molecule has 0 nitrogen and oxygen atoms in total. The Morgan fingerprint density at radius 1 is 0.769 bits per heavy atom. The predicted molar refractivity (Wildman–Crippen MR) is 164 cm³/mol. The van der Waals surface area contributed by atoms with Crippen LogP contribution in [-0.4, -0.2) is 58.2 Å². The third kappa shape index (κ3) is 9.03. The number of rotatable bonds is 13. The largest absolute Gasteiger partial charge is 0.168 e. The van der Waals surface area contributed by atoms with Crippen molar-refractivity contribution in [3.05, 3.63) is 0 Å². The normalized spacial score (nSPS) is 27.5. The maximum absolute atomic E-state index is 4.98. The number of thioether (sulfide) groups is 9. The zero-order valence-electron chi connectivity index (χ0n) is 13.5. The van der Waals surface area contributed by atoms with Crippen LogP contribution in [0.4, 0.5) is 0 Å². The molecule has 0 aliphatic carbocycles. The van der Waals surface area contributed by atoms with Gasteiger partial charge in [-0.25, -0.2) is 0 Å². The number of hydrogen-bond acceptors (Lipinski definition) is 14. The van der Waals surface area contributed by atoms with Crippen molar-refractivity contribution < 1.29 is 0 Å². The van der Waals surface area contributed by atoms with Crippen LogP contribution in [0.15, 0.2) is 0 Å². The molecule has 2 rings (SSSR count). The van der Waals surface area contributed by atoms with E-state index in [2.05, 4.69) is 73.2 Å². The number of thiol groups is 5. The third-order valence-corrected chi connectivity index (χ3v) is 20.6. The molecule has 14 heteroatoms. The van der Waals surface area contributed by atoms with Gasteiger partial charge in [-0.3, -0.25) is 0 Å². The molecule has 2 aliphatic heterocycles. The van der Waals surface area contributed by atoms with Gasteiger partial charge in [-0.15, -0.1) is 106 Å². The molecule has 2 fully saturated rings. The van der Waals surface area contributed by atoms with Crippen LogP contribution in [-0.2, 0) is 0 Å². The fourth-order valence-corrected chi connectivity index (χ4v) is 19.9. The molecule has 5 unspecified atom stereocenters. The SMILES string of the molecule is SCSC(SCS)C(SCS)SC1SCSC1C(S)SC(S)C1SCS1. The van der Waals surface area contributed by atoms with Gasteiger partial charge >= 0.3 is 0 Å². The maximum atomic E-state index is 4.98. The van der Waals surface area contributed by atoms with Crippen LogP contribution in [0.25, 0.3) is 0 Å². The lowest BCUT2D eigenvalue weighted by Gasteiger charge is -2.33. The average Bonchev–Trinajstić information content (AvgIpc) is 3.01. The minimum absolute atomic E-state index is 0.326. The Morgan fingerprint density at radius 2 is 1.35 bits per heavy atom. The molecule has 0 aromatic heterocycles. The summed E-state index contributed by atoms with van der Waals surface area (Å²) >= 11 is 41.1. The fourth-order valence-electron chi connectivity index (χ4n) is 2.03. The summed E-state index contributed by atoms with van der Waals surface area (Å²) in [6, 6.07) is 0. The molecule has 0 N–H and O–H groups in total. The van der Waals surface area contributed by atoms with E-state index in [0.29, 0.717) is 32.7 Å². The van der Waals surface area contributed by atoms with Crippen LogP contribution in [0.2, 0.25) is 0 Å². The van der Waals surface area contributed by atoms with E-state index in [9.17, 15) is 0 Å². The van der Waals surface area contributed by atoms with Gasteiger partial charge in [-0.1, -0.05) is 0 Å². The third-order valence-electron chi connectivity index (χ3n) is 3.23. The van der Waals surface area contributed by atoms with Gasteiger partial charge in [0.2, 0.25) is 0 Å². The minimum Gasteiger partial charge on any atom is -0.168 e. The lowest BCUT2D eigenvalue weighted by molar-refractivity contribution is 1.06. The Hall–Kier alpha value is 4.90. The highest BCUT2D eigenvalue weighted by Crippen LogP contribution is 2.54. The Morgan fingerprint density at radius 3 is 1.88 bits per heavy atom. The Labute approximate surface area is 224 Å². The smallest absolute Gasteiger partial charge is 0.0732 e. The van der Waals surface area contributed by atoms with Crippen molar-refractivity contribution in [2.75, 3.05) is 25.4 Å². The highest BCUT2D eigenvalue weighted by atomic mass is 32.3. The monoisotopic (exact) mass is 614 g/mol. The Kier molecular flexibility index (Phi) is 16.4. The molecule has 2 saturated heterocycles. The molecule has 2 aliphatic rings. The van der Waals surface area contributed by atoms with E-state index in [1.807, 2.05) is 70.6 Å². The average molecular weight is 615 g/mol. The molecular weight excluding hydrogens is 593 g/mol. The van der Waals surface area contributed by atoms with Gasteiger partial charge in [-0.05, 0) is 0 Å². The van der Waals surface area contributed by atoms with E-state index in [4.69, 9.17) is 25.3 Å². The first-order valence-corrected chi connectivity index (χ1v) is 19.6.